The Morgan fingerprint density at radius 3 is 2.47 bits per heavy atom. The molecule has 3 aliphatic rings. The first-order valence-electron chi connectivity index (χ1n) is 20.5. The number of nitrogens with one attached hydrogen (secondary N) is 1. The molecule has 2 aliphatic carbocycles. The first kappa shape index (κ1) is 45.2. The number of hydrogen-bond acceptors (Lipinski definition) is 8. The lowest BCUT2D eigenvalue weighted by Crippen LogP contribution is -2.30. The quantitative estimate of drug-likeness (QED) is 0.0631. The van der Waals surface area contributed by atoms with Gasteiger partial charge in [-0.2, -0.15) is 0 Å². The Kier molecular flexibility index (Phi) is 14.6. The van der Waals surface area contributed by atoms with Crippen LogP contribution in [0.1, 0.15) is 107 Å². The first-order valence-corrected chi connectivity index (χ1v) is 20.5. The Bertz CT molecular complexity index is 2110. The van der Waals surface area contributed by atoms with Gasteiger partial charge >= 0.3 is 0 Å². The van der Waals surface area contributed by atoms with Crippen molar-refractivity contribution < 1.29 is 42.4 Å². The summed E-state index contributed by atoms with van der Waals surface area (Å²) < 4.78 is 57.8. The summed E-state index contributed by atoms with van der Waals surface area (Å²) in [6, 6.07) is 7.67. The predicted octanol–water partition coefficient (Wildman–Crippen LogP) is 10.1. The lowest BCUT2D eigenvalue weighted by Gasteiger charge is -2.35. The third-order valence-electron chi connectivity index (χ3n) is 12.0. The molecular formula is C48H57F3N2O6. The van der Waals surface area contributed by atoms with Gasteiger partial charge in [-0.3, -0.25) is 20.0 Å². The molecule has 5 rings (SSSR count). The van der Waals surface area contributed by atoms with Crippen molar-refractivity contribution >= 4 is 23.0 Å². The van der Waals surface area contributed by atoms with E-state index in [2.05, 4.69) is 11.6 Å². The zero-order valence-electron chi connectivity index (χ0n) is 34.9. The summed E-state index contributed by atoms with van der Waals surface area (Å²) in [6.07, 6.45) is 11.8. The van der Waals surface area contributed by atoms with Crippen LogP contribution in [0.15, 0.2) is 94.9 Å². The normalized spacial score (nSPS) is 19.9. The molecule has 316 valence electrons. The lowest BCUT2D eigenvalue weighted by atomic mass is 9.70. The van der Waals surface area contributed by atoms with Crippen LogP contribution in [0.2, 0.25) is 0 Å². The monoisotopic (exact) mass is 814 g/mol. The van der Waals surface area contributed by atoms with Crippen LogP contribution in [-0.4, -0.2) is 65.3 Å². The molecule has 2 unspecified atom stereocenters. The van der Waals surface area contributed by atoms with E-state index < -0.39 is 51.3 Å². The van der Waals surface area contributed by atoms with Crippen molar-refractivity contribution in [2.24, 2.45) is 16.3 Å². The Morgan fingerprint density at radius 1 is 1.10 bits per heavy atom. The average molecular weight is 815 g/mol. The summed E-state index contributed by atoms with van der Waals surface area (Å²) in [5.41, 5.74) is -3.05. The maximum absolute atomic E-state index is 15.7. The molecular weight excluding hydrogens is 758 g/mol. The van der Waals surface area contributed by atoms with Crippen molar-refractivity contribution in [3.63, 3.8) is 0 Å². The van der Waals surface area contributed by atoms with E-state index in [1.807, 2.05) is 13.0 Å². The molecule has 0 radical (unpaired) electrons. The molecule has 3 N–H and O–H groups in total. The average Bonchev–Trinajstić information content (AvgIpc) is 3.52. The minimum Gasteiger partial charge on any atom is -0.510 e. The Labute approximate surface area is 345 Å². The van der Waals surface area contributed by atoms with E-state index in [1.54, 1.807) is 25.1 Å². The number of aliphatic imine (C=N–C) groups is 1. The van der Waals surface area contributed by atoms with Gasteiger partial charge in [-0.1, -0.05) is 61.4 Å². The molecule has 0 aromatic heterocycles. The minimum atomic E-state index is -2.00. The maximum Gasteiger partial charge on any atom is 0.218 e. The molecule has 0 amide bonds. The molecule has 1 fully saturated rings. The molecule has 0 saturated heterocycles. The summed E-state index contributed by atoms with van der Waals surface area (Å²) in [7, 11) is 0. The SMILES string of the molecule is C=CC(C)(F)c1ccc(C(=N)C(=O)C2=C(O)C3(CCCC3)/C(=C\C)C(Cc3ccc(OCCCCOCCO)c(F)c3C)CC2=O)c(C2=NC=CCC(C(C)(C)F)=C2)c1. The van der Waals surface area contributed by atoms with Gasteiger partial charge in [0.05, 0.1) is 25.5 Å². The molecule has 59 heavy (non-hydrogen) atoms. The number of hydrogen-bond donors (Lipinski definition) is 3. The van der Waals surface area contributed by atoms with Crippen molar-refractivity contribution in [1.82, 2.24) is 0 Å². The molecule has 1 aliphatic heterocycles. The highest BCUT2D eigenvalue weighted by molar-refractivity contribution is 6.56. The number of rotatable bonds is 17. The highest BCUT2D eigenvalue weighted by Gasteiger charge is 2.50. The molecule has 0 bridgehead atoms. The van der Waals surface area contributed by atoms with E-state index in [9.17, 15) is 20.1 Å². The molecule has 1 heterocycles. The van der Waals surface area contributed by atoms with Crippen LogP contribution < -0.4 is 4.74 Å². The predicted molar refractivity (Wildman–Crippen MR) is 225 cm³/mol. The molecule has 2 aromatic rings. The van der Waals surface area contributed by atoms with Gasteiger partial charge in [0.25, 0.3) is 0 Å². The second-order valence-electron chi connectivity index (χ2n) is 16.3. The van der Waals surface area contributed by atoms with E-state index in [4.69, 9.17) is 14.6 Å². The highest BCUT2D eigenvalue weighted by atomic mass is 19.1. The number of allylic oxidation sites excluding steroid dienone is 7. The first-order chi connectivity index (χ1) is 28.0. The number of carbonyl (C=O) groups excluding carboxylic acids is 2. The topological polar surface area (TPSA) is 129 Å². The lowest BCUT2D eigenvalue weighted by molar-refractivity contribution is -0.119. The number of halogens is 3. The zero-order chi connectivity index (χ0) is 43.1. The Hall–Kier alpha value is -4.87. The van der Waals surface area contributed by atoms with E-state index in [-0.39, 0.29) is 73.0 Å². The maximum atomic E-state index is 15.7. The smallest absolute Gasteiger partial charge is 0.218 e. The Morgan fingerprint density at radius 2 is 1.81 bits per heavy atom. The van der Waals surface area contributed by atoms with Gasteiger partial charge in [-0.05, 0) is 120 Å². The number of Topliss-reactive ketones (excluding diaryl/α,β-unsaturated/α-hetero) is 2. The fourth-order valence-electron chi connectivity index (χ4n) is 8.50. The number of nitrogens with zero attached hydrogens (tertiary/aromatic N) is 1. The van der Waals surface area contributed by atoms with Crippen LogP contribution in [0, 0.1) is 29.5 Å². The van der Waals surface area contributed by atoms with Crippen molar-refractivity contribution in [3.05, 3.63) is 124 Å². The third-order valence-corrected chi connectivity index (χ3v) is 12.0. The summed E-state index contributed by atoms with van der Waals surface area (Å²) in [4.78, 5) is 33.6. The number of ether oxygens (including phenoxy) is 2. The van der Waals surface area contributed by atoms with Crippen LogP contribution in [0.25, 0.3) is 0 Å². The van der Waals surface area contributed by atoms with Crippen LogP contribution >= 0.6 is 0 Å². The number of ketones is 2. The fourth-order valence-corrected chi connectivity index (χ4v) is 8.50. The van der Waals surface area contributed by atoms with Gasteiger partial charge in [0.1, 0.15) is 22.7 Å². The van der Waals surface area contributed by atoms with Gasteiger partial charge < -0.3 is 19.7 Å². The van der Waals surface area contributed by atoms with Crippen molar-refractivity contribution in [2.45, 2.75) is 104 Å². The Balaban J connectivity index is 1.50. The van der Waals surface area contributed by atoms with E-state index in [0.29, 0.717) is 49.0 Å². The molecule has 11 heteroatoms. The number of aliphatic hydroxyl groups is 2. The van der Waals surface area contributed by atoms with Gasteiger partial charge in [0.2, 0.25) is 5.78 Å². The summed E-state index contributed by atoms with van der Waals surface area (Å²) in [6.45, 7) is 12.2. The molecule has 8 nitrogen and oxygen atoms in total. The second-order valence-corrected chi connectivity index (χ2v) is 16.3. The molecule has 1 spiro atoms. The number of alkyl halides is 2. The van der Waals surface area contributed by atoms with Crippen LogP contribution in [0.3, 0.4) is 0 Å². The molecule has 1 saturated carbocycles. The van der Waals surface area contributed by atoms with E-state index >= 15 is 13.2 Å². The molecule has 2 aromatic carbocycles. The van der Waals surface area contributed by atoms with Crippen molar-refractivity contribution in [3.8, 4) is 5.75 Å². The largest absolute Gasteiger partial charge is 0.510 e. The minimum absolute atomic E-state index is 0.0315. The standard InChI is InChI=1S/C48H57F3N2O6/c1-7-37-32(26-31-15-18-40(42(49)30(31)3)59-24-12-11-23-58-25-22-54)27-39(55)41(45(57)48(37)19-9-10-20-48)44(56)43(52)35-17-16-34(47(6,51)8-2)28-36(35)38-29-33(46(4,5)50)14-13-21-53-38/h7-8,13,15-18,21,28-29,32,52,54,57H,2,9-12,14,19-20,22-27H2,1,3-6H3/b37-7-,52-43?. The molecule has 2 atom stereocenters. The van der Waals surface area contributed by atoms with Crippen molar-refractivity contribution in [2.75, 3.05) is 26.4 Å². The second kappa shape index (κ2) is 19.0. The van der Waals surface area contributed by atoms with Gasteiger partial charge in [-0.15, -0.1) is 0 Å². The number of benzene rings is 2. The highest BCUT2D eigenvalue weighted by Crippen LogP contribution is 2.55. The van der Waals surface area contributed by atoms with Gasteiger partial charge in [-0.25, -0.2) is 13.2 Å². The van der Waals surface area contributed by atoms with Gasteiger partial charge in [0, 0.05) is 35.8 Å². The summed E-state index contributed by atoms with van der Waals surface area (Å²) in [5, 5.41) is 30.4. The number of unbranched alkanes of at least 4 members (excludes halogenated alkanes) is 1. The fraction of sp³-hybridized carbons (Fsp3) is 0.458. The van der Waals surface area contributed by atoms with Crippen LogP contribution in [0.4, 0.5) is 13.2 Å². The van der Waals surface area contributed by atoms with E-state index in [1.165, 1.54) is 51.2 Å². The third kappa shape index (κ3) is 9.79. The van der Waals surface area contributed by atoms with Gasteiger partial charge in [0.15, 0.2) is 23.0 Å². The summed E-state index contributed by atoms with van der Waals surface area (Å²) >= 11 is 0. The van der Waals surface area contributed by atoms with Crippen LogP contribution in [0.5, 0.6) is 5.75 Å². The summed E-state index contributed by atoms with van der Waals surface area (Å²) in [5.74, 6) is -2.87. The van der Waals surface area contributed by atoms with Crippen LogP contribution in [-0.2, 0) is 26.4 Å². The number of carbonyl (C=O) groups is 2. The zero-order valence-corrected chi connectivity index (χ0v) is 34.9. The van der Waals surface area contributed by atoms with Crippen molar-refractivity contribution in [1.29, 1.82) is 5.41 Å². The van der Waals surface area contributed by atoms with E-state index in [0.717, 1.165) is 24.5 Å². The number of aliphatic hydroxyl groups excluding tert-OH is 2.